The molecular weight excluding hydrogens is 174 g/mol. The van der Waals surface area contributed by atoms with Crippen molar-refractivity contribution in [1.82, 2.24) is 0 Å². The zero-order chi connectivity index (χ0) is 8.32. The minimum Gasteiger partial charge on any atom is -1.00 e. The maximum Gasteiger partial charge on any atom is 0.0810 e. The van der Waals surface area contributed by atoms with Crippen LogP contribution in [-0.2, 0) is 4.74 Å². The fourth-order valence-electron chi connectivity index (χ4n) is 1.19. The molecule has 1 atom stereocenters. The Hall–Kier alpha value is 0.210. The van der Waals surface area contributed by atoms with Crippen molar-refractivity contribution in [3.63, 3.8) is 0 Å². The average molecular weight is 194 g/mol. The summed E-state index contributed by atoms with van der Waals surface area (Å²) in [5.74, 6) is 0. The molecule has 1 saturated heterocycles. The number of quaternary nitrogens is 1. The van der Waals surface area contributed by atoms with Crippen LogP contribution in [0.2, 0.25) is 0 Å². The molecule has 0 aromatic carbocycles. The molecule has 1 unspecified atom stereocenters. The molecule has 74 valence electrons. The molecule has 0 aromatic rings. The molecule has 1 rings (SSSR count). The lowest BCUT2D eigenvalue weighted by Crippen LogP contribution is -3.00. The molecule has 0 saturated carbocycles. The van der Waals surface area contributed by atoms with Crippen LogP contribution in [0.15, 0.2) is 0 Å². The number of halogens is 1. The summed E-state index contributed by atoms with van der Waals surface area (Å²) in [5.41, 5.74) is 0. The SMILES string of the molecule is C[N+](C)(C)CCCCC1CO1.[Cl-]. The molecule has 0 aromatic heterocycles. The molecular formula is C9H20ClNO. The van der Waals surface area contributed by atoms with Gasteiger partial charge in [0, 0.05) is 0 Å². The van der Waals surface area contributed by atoms with E-state index in [2.05, 4.69) is 21.1 Å². The number of nitrogens with zero attached hydrogens (tertiary/aromatic N) is 1. The van der Waals surface area contributed by atoms with Crippen molar-refractivity contribution in [2.24, 2.45) is 0 Å². The Morgan fingerprint density at radius 1 is 1.25 bits per heavy atom. The number of unbranched alkanes of at least 4 members (excludes halogenated alkanes) is 1. The molecule has 2 nitrogen and oxygen atoms in total. The smallest absolute Gasteiger partial charge is 0.0810 e. The highest BCUT2D eigenvalue weighted by Gasteiger charge is 2.21. The van der Waals surface area contributed by atoms with E-state index >= 15 is 0 Å². The van der Waals surface area contributed by atoms with Gasteiger partial charge in [-0.1, -0.05) is 0 Å². The Morgan fingerprint density at radius 3 is 2.25 bits per heavy atom. The van der Waals surface area contributed by atoms with E-state index in [-0.39, 0.29) is 12.4 Å². The van der Waals surface area contributed by atoms with E-state index in [1.807, 2.05) is 0 Å². The third kappa shape index (κ3) is 6.89. The van der Waals surface area contributed by atoms with Gasteiger partial charge in [0.2, 0.25) is 0 Å². The standard InChI is InChI=1S/C9H20NO.ClH/c1-10(2,3)7-5-4-6-9-8-11-9;/h9H,4-8H2,1-3H3;1H/q+1;/p-1. The van der Waals surface area contributed by atoms with Crippen LogP contribution in [-0.4, -0.2) is 44.9 Å². The lowest BCUT2D eigenvalue weighted by atomic mass is 10.2. The van der Waals surface area contributed by atoms with E-state index in [0.29, 0.717) is 6.10 Å². The van der Waals surface area contributed by atoms with Crippen molar-refractivity contribution >= 4 is 0 Å². The fraction of sp³-hybridized carbons (Fsp3) is 1.00. The highest BCUT2D eigenvalue weighted by Crippen LogP contribution is 2.16. The van der Waals surface area contributed by atoms with Gasteiger partial charge in [0.25, 0.3) is 0 Å². The summed E-state index contributed by atoms with van der Waals surface area (Å²) in [4.78, 5) is 0. The van der Waals surface area contributed by atoms with Crippen LogP contribution >= 0.6 is 0 Å². The molecule has 0 bridgehead atoms. The fourth-order valence-corrected chi connectivity index (χ4v) is 1.19. The molecule has 0 amide bonds. The first kappa shape index (κ1) is 12.2. The third-order valence-electron chi connectivity index (χ3n) is 2.01. The van der Waals surface area contributed by atoms with E-state index in [1.54, 1.807) is 0 Å². The van der Waals surface area contributed by atoms with Crippen LogP contribution in [0.4, 0.5) is 0 Å². The maximum atomic E-state index is 5.14. The zero-order valence-corrected chi connectivity index (χ0v) is 9.10. The first-order valence-electron chi connectivity index (χ1n) is 4.50. The Kier molecular flexibility index (Phi) is 5.14. The second-order valence-electron chi connectivity index (χ2n) is 4.47. The number of rotatable bonds is 5. The summed E-state index contributed by atoms with van der Waals surface area (Å²) < 4.78 is 6.22. The molecule has 0 N–H and O–H groups in total. The first-order chi connectivity index (χ1) is 5.08. The molecule has 1 heterocycles. The van der Waals surface area contributed by atoms with Gasteiger partial charge in [-0.05, 0) is 19.3 Å². The van der Waals surface area contributed by atoms with E-state index in [0.717, 1.165) is 11.1 Å². The predicted molar refractivity (Wildman–Crippen MR) is 46.5 cm³/mol. The van der Waals surface area contributed by atoms with Gasteiger partial charge in [-0.3, -0.25) is 0 Å². The Labute approximate surface area is 81.9 Å². The summed E-state index contributed by atoms with van der Waals surface area (Å²) in [6, 6.07) is 0. The molecule has 0 radical (unpaired) electrons. The van der Waals surface area contributed by atoms with Gasteiger partial charge in [0.1, 0.15) is 0 Å². The zero-order valence-electron chi connectivity index (χ0n) is 8.35. The van der Waals surface area contributed by atoms with Gasteiger partial charge in [0.05, 0.1) is 40.4 Å². The van der Waals surface area contributed by atoms with Gasteiger partial charge < -0.3 is 21.6 Å². The van der Waals surface area contributed by atoms with Crippen LogP contribution in [0, 0.1) is 0 Å². The van der Waals surface area contributed by atoms with Crippen LogP contribution in [0.5, 0.6) is 0 Å². The van der Waals surface area contributed by atoms with E-state index < -0.39 is 0 Å². The molecule has 0 spiro atoms. The molecule has 0 aliphatic carbocycles. The first-order valence-corrected chi connectivity index (χ1v) is 4.50. The van der Waals surface area contributed by atoms with Crippen LogP contribution in [0.3, 0.4) is 0 Å². The Balaban J connectivity index is 0.00000121. The molecule has 1 fully saturated rings. The summed E-state index contributed by atoms with van der Waals surface area (Å²) in [7, 11) is 6.73. The Bertz CT molecular complexity index is 118. The number of ether oxygens (including phenoxy) is 1. The summed E-state index contributed by atoms with van der Waals surface area (Å²) in [6.45, 7) is 2.30. The van der Waals surface area contributed by atoms with Gasteiger partial charge >= 0.3 is 0 Å². The number of hydrogen-bond donors (Lipinski definition) is 0. The van der Waals surface area contributed by atoms with Crippen molar-refractivity contribution in [1.29, 1.82) is 0 Å². The van der Waals surface area contributed by atoms with Crippen molar-refractivity contribution in [3.8, 4) is 0 Å². The van der Waals surface area contributed by atoms with Gasteiger partial charge in [0.15, 0.2) is 0 Å². The lowest BCUT2D eigenvalue weighted by Gasteiger charge is -2.23. The van der Waals surface area contributed by atoms with E-state index in [1.165, 1.54) is 25.8 Å². The lowest BCUT2D eigenvalue weighted by molar-refractivity contribution is -0.870. The number of epoxide rings is 1. The summed E-state index contributed by atoms with van der Waals surface area (Å²) >= 11 is 0. The minimum absolute atomic E-state index is 0. The van der Waals surface area contributed by atoms with Crippen LogP contribution in [0.25, 0.3) is 0 Å². The molecule has 3 heteroatoms. The van der Waals surface area contributed by atoms with Gasteiger partial charge in [-0.15, -0.1) is 0 Å². The van der Waals surface area contributed by atoms with Crippen molar-refractivity contribution in [3.05, 3.63) is 0 Å². The molecule has 12 heavy (non-hydrogen) atoms. The quantitative estimate of drug-likeness (QED) is 0.287. The van der Waals surface area contributed by atoms with Crippen molar-refractivity contribution < 1.29 is 21.6 Å². The van der Waals surface area contributed by atoms with Crippen LogP contribution in [0.1, 0.15) is 19.3 Å². The predicted octanol–water partition coefficient (Wildman–Crippen LogP) is -1.73. The Morgan fingerprint density at radius 2 is 1.83 bits per heavy atom. The highest BCUT2D eigenvalue weighted by atomic mass is 35.5. The minimum atomic E-state index is 0. The number of hydrogen-bond acceptors (Lipinski definition) is 1. The highest BCUT2D eigenvalue weighted by molar-refractivity contribution is 4.67. The van der Waals surface area contributed by atoms with Crippen LogP contribution < -0.4 is 12.4 Å². The van der Waals surface area contributed by atoms with E-state index in [4.69, 9.17) is 4.74 Å². The third-order valence-corrected chi connectivity index (χ3v) is 2.01. The largest absolute Gasteiger partial charge is 1.00 e. The summed E-state index contributed by atoms with van der Waals surface area (Å²) in [6.07, 6.45) is 4.58. The second kappa shape index (κ2) is 5.05. The van der Waals surface area contributed by atoms with Crippen molar-refractivity contribution in [2.45, 2.75) is 25.4 Å². The molecule has 1 aliphatic heterocycles. The second-order valence-corrected chi connectivity index (χ2v) is 4.47. The van der Waals surface area contributed by atoms with Gasteiger partial charge in [-0.25, -0.2) is 0 Å². The summed E-state index contributed by atoms with van der Waals surface area (Å²) in [5, 5.41) is 0. The maximum absolute atomic E-state index is 5.14. The average Bonchev–Trinajstić information content (AvgIpc) is 2.60. The molecule has 1 aliphatic rings. The topological polar surface area (TPSA) is 12.5 Å². The van der Waals surface area contributed by atoms with Gasteiger partial charge in [-0.2, -0.15) is 0 Å². The monoisotopic (exact) mass is 193 g/mol. The van der Waals surface area contributed by atoms with Crippen molar-refractivity contribution in [2.75, 3.05) is 34.3 Å². The normalized spacial score (nSPS) is 21.8. The van der Waals surface area contributed by atoms with E-state index in [9.17, 15) is 0 Å².